The maximum atomic E-state index is 13.7. The summed E-state index contributed by atoms with van der Waals surface area (Å²) in [6.45, 7) is 4.42. The lowest BCUT2D eigenvalue weighted by atomic mass is 10.1. The molecule has 26 heavy (non-hydrogen) atoms. The fraction of sp³-hybridized carbons (Fsp3) is 0.450. The Morgan fingerprint density at radius 2 is 2.23 bits per heavy atom. The molecule has 5 nitrogen and oxygen atoms in total. The molecule has 0 radical (unpaired) electrons. The molecule has 0 spiro atoms. The second-order valence-corrected chi connectivity index (χ2v) is 6.52. The minimum Gasteiger partial charge on any atom is -0.469 e. The molecule has 2 N–H and O–H groups in total. The number of aliphatic imine (C=N–C) groups is 1. The van der Waals surface area contributed by atoms with Crippen molar-refractivity contribution in [3.8, 4) is 0 Å². The molecule has 1 saturated heterocycles. The van der Waals surface area contributed by atoms with Gasteiger partial charge in [-0.1, -0.05) is 12.1 Å². The maximum Gasteiger partial charge on any atom is 0.191 e. The largest absolute Gasteiger partial charge is 0.469 e. The SMILES string of the molecule is Cc1ccc(CN=C(NCCc2ccco2)NCC2CCCO2)cc1F. The number of hydrogen-bond acceptors (Lipinski definition) is 3. The van der Waals surface area contributed by atoms with Crippen LogP contribution in [-0.4, -0.2) is 31.8 Å². The maximum absolute atomic E-state index is 13.7. The van der Waals surface area contributed by atoms with Crippen LogP contribution in [0.25, 0.3) is 0 Å². The van der Waals surface area contributed by atoms with Gasteiger partial charge in [-0.3, -0.25) is 0 Å². The first-order chi connectivity index (χ1) is 12.7. The molecule has 3 rings (SSSR count). The number of halogens is 1. The van der Waals surface area contributed by atoms with Crippen molar-refractivity contribution >= 4 is 5.96 Å². The predicted molar refractivity (Wildman–Crippen MR) is 99.7 cm³/mol. The van der Waals surface area contributed by atoms with Crippen molar-refractivity contribution in [1.29, 1.82) is 0 Å². The van der Waals surface area contributed by atoms with Crippen LogP contribution in [0.5, 0.6) is 0 Å². The van der Waals surface area contributed by atoms with Crippen LogP contribution in [-0.2, 0) is 17.7 Å². The third-order valence-corrected chi connectivity index (χ3v) is 4.42. The first kappa shape index (κ1) is 18.5. The Bertz CT molecular complexity index is 710. The topological polar surface area (TPSA) is 58.8 Å². The molecule has 0 saturated carbocycles. The zero-order valence-corrected chi connectivity index (χ0v) is 15.1. The quantitative estimate of drug-likeness (QED) is 0.589. The van der Waals surface area contributed by atoms with Crippen LogP contribution in [0.1, 0.15) is 29.7 Å². The fourth-order valence-corrected chi connectivity index (χ4v) is 2.85. The Balaban J connectivity index is 1.56. The van der Waals surface area contributed by atoms with E-state index in [1.54, 1.807) is 25.3 Å². The molecule has 2 aromatic rings. The molecular formula is C20H26FN3O2. The highest BCUT2D eigenvalue weighted by molar-refractivity contribution is 5.79. The van der Waals surface area contributed by atoms with Crippen LogP contribution in [0.3, 0.4) is 0 Å². The monoisotopic (exact) mass is 359 g/mol. The van der Waals surface area contributed by atoms with Gasteiger partial charge in [-0.25, -0.2) is 9.38 Å². The molecule has 1 aliphatic rings. The number of hydrogen-bond donors (Lipinski definition) is 2. The Kier molecular flexibility index (Phi) is 6.66. The summed E-state index contributed by atoms with van der Waals surface area (Å²) in [6.07, 6.45) is 4.84. The smallest absolute Gasteiger partial charge is 0.191 e. The first-order valence-electron chi connectivity index (χ1n) is 9.12. The summed E-state index contributed by atoms with van der Waals surface area (Å²) in [5.74, 6) is 1.43. The van der Waals surface area contributed by atoms with Crippen molar-refractivity contribution in [2.75, 3.05) is 19.7 Å². The van der Waals surface area contributed by atoms with Crippen molar-refractivity contribution in [1.82, 2.24) is 10.6 Å². The lowest BCUT2D eigenvalue weighted by Gasteiger charge is -2.15. The molecule has 6 heteroatoms. The van der Waals surface area contributed by atoms with E-state index in [0.717, 1.165) is 43.7 Å². The molecule has 0 aliphatic carbocycles. The second-order valence-electron chi connectivity index (χ2n) is 6.52. The van der Waals surface area contributed by atoms with Gasteiger partial charge < -0.3 is 19.8 Å². The summed E-state index contributed by atoms with van der Waals surface area (Å²) in [4.78, 5) is 4.59. The van der Waals surface area contributed by atoms with E-state index in [1.807, 2.05) is 18.2 Å². The molecule has 1 fully saturated rings. The average Bonchev–Trinajstić information content (AvgIpc) is 3.33. The van der Waals surface area contributed by atoms with Gasteiger partial charge >= 0.3 is 0 Å². The van der Waals surface area contributed by atoms with E-state index in [0.29, 0.717) is 24.6 Å². The van der Waals surface area contributed by atoms with Crippen LogP contribution < -0.4 is 10.6 Å². The summed E-state index contributed by atoms with van der Waals surface area (Å²) < 4.78 is 24.7. The number of nitrogens with zero attached hydrogens (tertiary/aromatic N) is 1. The molecule has 0 amide bonds. The van der Waals surface area contributed by atoms with Crippen molar-refractivity contribution in [3.05, 3.63) is 59.3 Å². The Hall–Kier alpha value is -2.34. The number of benzene rings is 1. The van der Waals surface area contributed by atoms with Crippen molar-refractivity contribution in [2.45, 2.75) is 38.8 Å². The highest BCUT2D eigenvalue weighted by Crippen LogP contribution is 2.11. The van der Waals surface area contributed by atoms with E-state index in [1.165, 1.54) is 0 Å². The number of ether oxygens (including phenoxy) is 1. The highest BCUT2D eigenvalue weighted by Gasteiger charge is 2.15. The average molecular weight is 359 g/mol. The van der Waals surface area contributed by atoms with E-state index in [4.69, 9.17) is 9.15 Å². The number of furan rings is 1. The van der Waals surface area contributed by atoms with E-state index in [2.05, 4.69) is 15.6 Å². The minimum absolute atomic E-state index is 0.197. The van der Waals surface area contributed by atoms with Crippen molar-refractivity contribution in [2.24, 2.45) is 4.99 Å². The number of guanidine groups is 1. The molecule has 1 aromatic carbocycles. The lowest BCUT2D eigenvalue weighted by Crippen LogP contribution is -2.41. The van der Waals surface area contributed by atoms with Crippen LogP contribution in [0.4, 0.5) is 4.39 Å². The summed E-state index contributed by atoms with van der Waals surface area (Å²) >= 11 is 0. The fourth-order valence-electron chi connectivity index (χ4n) is 2.85. The lowest BCUT2D eigenvalue weighted by molar-refractivity contribution is 0.114. The zero-order chi connectivity index (χ0) is 18.2. The molecule has 1 aromatic heterocycles. The minimum atomic E-state index is -0.197. The van der Waals surface area contributed by atoms with Gasteiger partial charge in [0.1, 0.15) is 11.6 Å². The number of nitrogens with one attached hydrogen (secondary N) is 2. The second kappa shape index (κ2) is 9.38. The molecular weight excluding hydrogens is 333 g/mol. The Labute approximate surface area is 153 Å². The van der Waals surface area contributed by atoms with Crippen LogP contribution >= 0.6 is 0 Å². The van der Waals surface area contributed by atoms with Crippen LogP contribution in [0.15, 0.2) is 46.0 Å². The summed E-state index contributed by atoms with van der Waals surface area (Å²) in [5.41, 5.74) is 1.49. The summed E-state index contributed by atoms with van der Waals surface area (Å²) in [6, 6.07) is 9.06. The molecule has 1 aliphatic heterocycles. The molecule has 0 bridgehead atoms. The van der Waals surface area contributed by atoms with Gasteiger partial charge in [0.15, 0.2) is 5.96 Å². The van der Waals surface area contributed by atoms with E-state index in [-0.39, 0.29) is 11.9 Å². The van der Waals surface area contributed by atoms with Crippen LogP contribution in [0, 0.1) is 12.7 Å². The Morgan fingerprint density at radius 3 is 2.96 bits per heavy atom. The van der Waals surface area contributed by atoms with Crippen molar-refractivity contribution in [3.63, 3.8) is 0 Å². The molecule has 1 unspecified atom stereocenters. The van der Waals surface area contributed by atoms with Gasteiger partial charge in [0.25, 0.3) is 0 Å². The van der Waals surface area contributed by atoms with Gasteiger partial charge in [0.05, 0.1) is 18.9 Å². The Morgan fingerprint density at radius 1 is 1.31 bits per heavy atom. The van der Waals surface area contributed by atoms with Gasteiger partial charge in [-0.05, 0) is 49.1 Å². The van der Waals surface area contributed by atoms with Gasteiger partial charge in [-0.2, -0.15) is 0 Å². The van der Waals surface area contributed by atoms with Crippen LogP contribution in [0.2, 0.25) is 0 Å². The van der Waals surface area contributed by atoms with E-state index >= 15 is 0 Å². The normalized spacial score (nSPS) is 17.5. The van der Waals surface area contributed by atoms with E-state index in [9.17, 15) is 4.39 Å². The number of aryl methyl sites for hydroxylation is 1. The molecule has 1 atom stereocenters. The van der Waals surface area contributed by atoms with Gasteiger partial charge in [0, 0.05) is 26.1 Å². The molecule has 140 valence electrons. The first-order valence-corrected chi connectivity index (χ1v) is 9.12. The highest BCUT2D eigenvalue weighted by atomic mass is 19.1. The molecule has 2 heterocycles. The zero-order valence-electron chi connectivity index (χ0n) is 15.1. The van der Waals surface area contributed by atoms with Gasteiger partial charge in [-0.15, -0.1) is 0 Å². The van der Waals surface area contributed by atoms with Gasteiger partial charge in [0.2, 0.25) is 0 Å². The third-order valence-electron chi connectivity index (χ3n) is 4.42. The third kappa shape index (κ3) is 5.59. The van der Waals surface area contributed by atoms with Crippen molar-refractivity contribution < 1.29 is 13.5 Å². The predicted octanol–water partition coefficient (Wildman–Crippen LogP) is 3.18. The van der Waals surface area contributed by atoms with E-state index < -0.39 is 0 Å². The summed E-state index contributed by atoms with van der Waals surface area (Å²) in [7, 11) is 0. The summed E-state index contributed by atoms with van der Waals surface area (Å²) in [5, 5.41) is 6.64. The standard InChI is InChI=1S/C20H26FN3O2/c1-15-6-7-16(12-19(15)21)13-23-20(24-14-18-5-3-11-26-18)22-9-8-17-4-2-10-25-17/h2,4,6-7,10,12,18H,3,5,8-9,11,13-14H2,1H3,(H2,22,23,24). The number of rotatable bonds is 7.